The molecule has 2 N–H and O–H groups in total. The summed E-state index contributed by atoms with van der Waals surface area (Å²) >= 11 is 0. The number of aryl methyl sites for hydroxylation is 2. The van der Waals surface area contributed by atoms with Gasteiger partial charge in [0.2, 0.25) is 0 Å². The molecule has 0 spiro atoms. The Morgan fingerprint density at radius 3 is 2.68 bits per heavy atom. The fourth-order valence-electron chi connectivity index (χ4n) is 3.74. The molecule has 1 aliphatic heterocycles. The second kappa shape index (κ2) is 8.20. The zero-order chi connectivity index (χ0) is 19.0. The van der Waals surface area contributed by atoms with Gasteiger partial charge in [0, 0.05) is 23.3 Å². The minimum atomic E-state index is -0.375. The molecule has 1 aromatic carbocycles. The zero-order valence-corrected chi connectivity index (χ0v) is 16.8. The van der Waals surface area contributed by atoms with Crippen molar-refractivity contribution in [3.63, 3.8) is 0 Å². The van der Waals surface area contributed by atoms with Crippen molar-refractivity contribution in [2.75, 3.05) is 18.4 Å². The number of carbonyl (C=O) groups excluding carboxylic acids is 1. The molecule has 7 heteroatoms. The van der Waals surface area contributed by atoms with E-state index in [0.717, 1.165) is 42.7 Å². The van der Waals surface area contributed by atoms with Crippen LogP contribution in [0.25, 0.3) is 11.0 Å². The number of aromatic nitrogens is 1. The van der Waals surface area contributed by atoms with Crippen LogP contribution < -0.4 is 16.2 Å². The maximum atomic E-state index is 13.0. The molecule has 3 heterocycles. The van der Waals surface area contributed by atoms with E-state index < -0.39 is 0 Å². The van der Waals surface area contributed by atoms with E-state index in [0.29, 0.717) is 11.3 Å². The highest BCUT2D eigenvalue weighted by molar-refractivity contribution is 6.05. The lowest BCUT2D eigenvalue weighted by Gasteiger charge is -2.25. The number of fused-ring (bicyclic) bond motifs is 1. The van der Waals surface area contributed by atoms with Crippen LogP contribution in [-0.4, -0.2) is 23.6 Å². The molecule has 6 nitrogen and oxygen atoms in total. The van der Waals surface area contributed by atoms with Gasteiger partial charge < -0.3 is 19.6 Å². The van der Waals surface area contributed by atoms with Crippen molar-refractivity contribution >= 4 is 35.0 Å². The number of nitrogens with one attached hydrogen (secondary N) is 2. The number of amides is 1. The Hall–Kier alpha value is -2.57. The van der Waals surface area contributed by atoms with Crippen LogP contribution in [0.4, 0.5) is 5.69 Å². The van der Waals surface area contributed by atoms with Gasteiger partial charge in [0.15, 0.2) is 0 Å². The van der Waals surface area contributed by atoms with Gasteiger partial charge in [-0.3, -0.25) is 9.59 Å². The summed E-state index contributed by atoms with van der Waals surface area (Å²) < 4.78 is 7.28. The van der Waals surface area contributed by atoms with Crippen LogP contribution in [0, 0.1) is 13.8 Å². The van der Waals surface area contributed by atoms with Gasteiger partial charge in [-0.15, -0.1) is 12.4 Å². The molecule has 0 radical (unpaired) electrons. The zero-order valence-electron chi connectivity index (χ0n) is 16.0. The van der Waals surface area contributed by atoms with Crippen molar-refractivity contribution in [1.29, 1.82) is 0 Å². The minimum absolute atomic E-state index is 0. The van der Waals surface area contributed by atoms with Crippen molar-refractivity contribution in [1.82, 2.24) is 9.88 Å². The third-order valence-corrected chi connectivity index (χ3v) is 5.15. The maximum Gasteiger partial charge on any atom is 0.263 e. The molecule has 1 saturated heterocycles. The molecule has 2 aromatic heterocycles. The first-order valence-corrected chi connectivity index (χ1v) is 9.27. The van der Waals surface area contributed by atoms with Gasteiger partial charge in [-0.1, -0.05) is 0 Å². The van der Waals surface area contributed by atoms with E-state index in [9.17, 15) is 9.59 Å². The summed E-state index contributed by atoms with van der Waals surface area (Å²) in [7, 11) is 0. The molecule has 4 rings (SSSR count). The first kappa shape index (κ1) is 20.2. The molecule has 148 valence electrons. The number of carbonyl (C=O) groups is 1. The lowest BCUT2D eigenvalue weighted by Crippen LogP contribution is -2.37. The molecule has 0 unspecified atom stereocenters. The number of pyridine rings is 1. The molecule has 1 fully saturated rings. The second-order valence-corrected chi connectivity index (χ2v) is 7.13. The topological polar surface area (TPSA) is 76.3 Å². The van der Waals surface area contributed by atoms with E-state index in [4.69, 9.17) is 4.42 Å². The highest BCUT2D eigenvalue weighted by Gasteiger charge is 2.21. The SMILES string of the molecule is Cc1cc2cc(NC(=O)c3c(C)ccn(C4CCNCC4)c3=O)ccc2o1.Cl. The third kappa shape index (κ3) is 3.84. The standard InChI is InChI=1S/C21H23N3O3.ClH/c1-13-7-10-24(17-5-8-22-9-6-17)21(26)19(13)20(25)23-16-3-4-18-15(12-16)11-14(2)27-18;/h3-4,7,10-12,17,22H,5-6,8-9H2,1-2H3,(H,23,25);1H. The molecule has 0 bridgehead atoms. The van der Waals surface area contributed by atoms with Crippen molar-refractivity contribution in [2.45, 2.75) is 32.7 Å². The largest absolute Gasteiger partial charge is 0.461 e. The maximum absolute atomic E-state index is 13.0. The quantitative estimate of drug-likeness (QED) is 0.699. The van der Waals surface area contributed by atoms with Crippen LogP contribution in [0.2, 0.25) is 0 Å². The number of nitrogens with zero attached hydrogens (tertiary/aromatic N) is 1. The van der Waals surface area contributed by atoms with Crippen molar-refractivity contribution in [2.24, 2.45) is 0 Å². The fraction of sp³-hybridized carbons (Fsp3) is 0.333. The highest BCUT2D eigenvalue weighted by atomic mass is 35.5. The molecular weight excluding hydrogens is 378 g/mol. The number of furan rings is 1. The van der Waals surface area contributed by atoms with Gasteiger partial charge in [0.25, 0.3) is 11.5 Å². The second-order valence-electron chi connectivity index (χ2n) is 7.13. The van der Waals surface area contributed by atoms with Crippen LogP contribution in [0.3, 0.4) is 0 Å². The van der Waals surface area contributed by atoms with Gasteiger partial charge in [0.1, 0.15) is 16.9 Å². The summed E-state index contributed by atoms with van der Waals surface area (Å²) in [5, 5.41) is 7.08. The van der Waals surface area contributed by atoms with Crippen LogP contribution in [0.15, 0.2) is 45.7 Å². The van der Waals surface area contributed by atoms with E-state index in [2.05, 4.69) is 10.6 Å². The van der Waals surface area contributed by atoms with Gasteiger partial charge in [-0.05, 0) is 75.7 Å². The number of rotatable bonds is 3. The fourth-order valence-corrected chi connectivity index (χ4v) is 3.74. The summed E-state index contributed by atoms with van der Waals surface area (Å²) in [5.41, 5.74) is 2.08. The molecule has 28 heavy (non-hydrogen) atoms. The predicted octanol–water partition coefficient (Wildman–Crippen LogP) is 3.81. The van der Waals surface area contributed by atoms with Gasteiger partial charge in [-0.25, -0.2) is 0 Å². The highest BCUT2D eigenvalue weighted by Crippen LogP contribution is 2.23. The molecule has 1 aliphatic rings. The van der Waals surface area contributed by atoms with Crippen LogP contribution >= 0.6 is 12.4 Å². The smallest absolute Gasteiger partial charge is 0.263 e. The Morgan fingerprint density at radius 2 is 1.93 bits per heavy atom. The first-order chi connectivity index (χ1) is 13.0. The molecule has 1 amide bonds. The average Bonchev–Trinajstić information content (AvgIpc) is 3.02. The Labute approximate surface area is 169 Å². The Kier molecular flexibility index (Phi) is 5.91. The lowest BCUT2D eigenvalue weighted by molar-refractivity contribution is 0.102. The van der Waals surface area contributed by atoms with Gasteiger partial charge in [0.05, 0.1) is 0 Å². The minimum Gasteiger partial charge on any atom is -0.461 e. The summed E-state index contributed by atoms with van der Waals surface area (Å²) in [4.78, 5) is 25.9. The van der Waals surface area contributed by atoms with Crippen molar-refractivity contribution < 1.29 is 9.21 Å². The molecule has 0 aliphatic carbocycles. The number of halogens is 1. The average molecular weight is 402 g/mol. The summed E-state index contributed by atoms with van der Waals surface area (Å²) in [5.74, 6) is 0.442. The Bertz CT molecular complexity index is 1060. The van der Waals surface area contributed by atoms with Crippen molar-refractivity contribution in [3.8, 4) is 0 Å². The van der Waals surface area contributed by atoms with E-state index in [-0.39, 0.29) is 35.5 Å². The third-order valence-electron chi connectivity index (χ3n) is 5.15. The number of anilines is 1. The number of benzene rings is 1. The van der Waals surface area contributed by atoms with Crippen molar-refractivity contribution in [3.05, 3.63) is 63.8 Å². The van der Waals surface area contributed by atoms with E-state index in [1.807, 2.05) is 37.4 Å². The summed E-state index contributed by atoms with van der Waals surface area (Å²) in [6.45, 7) is 5.45. The molecule has 0 saturated carbocycles. The van der Waals surface area contributed by atoms with Crippen LogP contribution in [0.1, 0.15) is 40.6 Å². The monoisotopic (exact) mass is 401 g/mol. The van der Waals surface area contributed by atoms with Crippen LogP contribution in [-0.2, 0) is 0 Å². The van der Waals surface area contributed by atoms with E-state index in [1.54, 1.807) is 17.6 Å². The number of hydrogen-bond donors (Lipinski definition) is 2. The number of hydrogen-bond acceptors (Lipinski definition) is 4. The summed E-state index contributed by atoms with van der Waals surface area (Å²) in [6.07, 6.45) is 3.59. The molecular formula is C21H24ClN3O3. The normalized spacial score (nSPS) is 14.6. The summed E-state index contributed by atoms with van der Waals surface area (Å²) in [6, 6.07) is 9.36. The lowest BCUT2D eigenvalue weighted by atomic mass is 10.0. The first-order valence-electron chi connectivity index (χ1n) is 9.27. The Balaban J connectivity index is 0.00000225. The number of piperidine rings is 1. The Morgan fingerprint density at radius 1 is 1.18 bits per heavy atom. The van der Waals surface area contributed by atoms with Gasteiger partial charge >= 0.3 is 0 Å². The predicted molar refractivity (Wildman–Crippen MR) is 113 cm³/mol. The van der Waals surface area contributed by atoms with Crippen LogP contribution in [0.5, 0.6) is 0 Å². The molecule has 3 aromatic rings. The van der Waals surface area contributed by atoms with E-state index >= 15 is 0 Å². The van der Waals surface area contributed by atoms with Gasteiger partial charge in [-0.2, -0.15) is 0 Å². The molecule has 0 atom stereocenters. The van der Waals surface area contributed by atoms with E-state index in [1.165, 1.54) is 0 Å².